The van der Waals surface area contributed by atoms with Crippen molar-refractivity contribution in [2.45, 2.75) is 13.5 Å². The molecule has 0 unspecified atom stereocenters. The summed E-state index contributed by atoms with van der Waals surface area (Å²) >= 11 is 0. The van der Waals surface area contributed by atoms with Crippen LogP contribution >= 0.6 is 0 Å². The van der Waals surface area contributed by atoms with Crippen molar-refractivity contribution in [1.29, 1.82) is 0 Å². The quantitative estimate of drug-likeness (QED) is 0.769. The second kappa shape index (κ2) is 3.78. The van der Waals surface area contributed by atoms with E-state index in [0.717, 1.165) is 5.56 Å². The van der Waals surface area contributed by atoms with Crippen LogP contribution in [0, 0.1) is 6.92 Å². The predicted octanol–water partition coefficient (Wildman–Crippen LogP) is 2.24. The third-order valence-electron chi connectivity index (χ3n) is 3.40. The number of hydrogen-bond acceptors (Lipinski definition) is 5. The van der Waals surface area contributed by atoms with Crippen LogP contribution in [0.4, 0.5) is 0 Å². The van der Waals surface area contributed by atoms with Gasteiger partial charge in [-0.25, -0.2) is 4.79 Å². The molecule has 0 radical (unpaired) electrons. The van der Waals surface area contributed by atoms with Crippen molar-refractivity contribution in [3.05, 3.63) is 28.8 Å². The van der Waals surface area contributed by atoms with Crippen molar-refractivity contribution in [1.82, 2.24) is 0 Å². The summed E-state index contributed by atoms with van der Waals surface area (Å²) in [7, 11) is 1.49. The Morgan fingerprint density at radius 1 is 1.21 bits per heavy atom. The summed E-state index contributed by atoms with van der Waals surface area (Å²) in [6.45, 7) is 1.79. The number of aromatic hydroxyl groups is 2. The Kier molecular flexibility index (Phi) is 2.32. The van der Waals surface area contributed by atoms with Crippen LogP contribution in [-0.2, 0) is 11.3 Å². The number of benzene rings is 2. The van der Waals surface area contributed by atoms with E-state index < -0.39 is 5.97 Å². The van der Waals surface area contributed by atoms with Crippen molar-refractivity contribution >= 4 is 16.7 Å². The lowest BCUT2D eigenvalue weighted by Crippen LogP contribution is -2.14. The van der Waals surface area contributed by atoms with Crippen LogP contribution in [0.3, 0.4) is 0 Å². The van der Waals surface area contributed by atoms with Gasteiger partial charge < -0.3 is 19.7 Å². The monoisotopic (exact) mass is 260 g/mol. The molecule has 1 aliphatic rings. The fraction of sp³-hybridized carbons (Fsp3) is 0.214. The Morgan fingerprint density at radius 3 is 2.63 bits per heavy atom. The third kappa shape index (κ3) is 1.44. The zero-order valence-corrected chi connectivity index (χ0v) is 10.5. The summed E-state index contributed by atoms with van der Waals surface area (Å²) in [5, 5.41) is 21.2. The molecule has 2 aromatic rings. The Morgan fingerprint density at radius 2 is 1.95 bits per heavy atom. The van der Waals surface area contributed by atoms with Gasteiger partial charge in [0.2, 0.25) is 0 Å². The molecule has 1 heterocycles. The molecule has 2 N–H and O–H groups in total. The molecule has 0 saturated carbocycles. The number of phenolic OH excluding ortho intramolecular Hbond substituents is 2. The molecule has 19 heavy (non-hydrogen) atoms. The van der Waals surface area contributed by atoms with Crippen LogP contribution in [0.2, 0.25) is 0 Å². The van der Waals surface area contributed by atoms with Crippen LogP contribution in [-0.4, -0.2) is 23.3 Å². The largest absolute Gasteiger partial charge is 0.507 e. The van der Waals surface area contributed by atoms with Gasteiger partial charge in [0.1, 0.15) is 29.4 Å². The van der Waals surface area contributed by atoms with Gasteiger partial charge in [-0.1, -0.05) is 0 Å². The first-order valence-corrected chi connectivity index (χ1v) is 5.76. The van der Waals surface area contributed by atoms with Gasteiger partial charge in [-0.15, -0.1) is 0 Å². The molecule has 2 aromatic carbocycles. The van der Waals surface area contributed by atoms with Crippen molar-refractivity contribution in [3.63, 3.8) is 0 Å². The molecule has 5 heteroatoms. The minimum atomic E-state index is -0.595. The summed E-state index contributed by atoms with van der Waals surface area (Å²) < 4.78 is 10.2. The maximum absolute atomic E-state index is 11.8. The number of cyclic esters (lactones) is 1. The number of carbonyl (C=O) groups is 1. The Hall–Kier alpha value is -2.43. The SMILES string of the molecule is COc1cc(O)c2c3c(c(O)cc(C)c13)C(=O)OC2. The number of esters is 1. The fourth-order valence-corrected chi connectivity index (χ4v) is 2.55. The fourth-order valence-electron chi connectivity index (χ4n) is 2.55. The first-order valence-electron chi connectivity index (χ1n) is 5.76. The van der Waals surface area contributed by atoms with E-state index in [1.165, 1.54) is 19.2 Å². The summed E-state index contributed by atoms with van der Waals surface area (Å²) in [5.74, 6) is -0.293. The van der Waals surface area contributed by atoms with Crippen molar-refractivity contribution < 1.29 is 24.5 Å². The molecule has 0 saturated heterocycles. The topological polar surface area (TPSA) is 76.0 Å². The van der Waals surface area contributed by atoms with E-state index in [-0.39, 0.29) is 23.7 Å². The lowest BCUT2D eigenvalue weighted by molar-refractivity contribution is 0.0457. The van der Waals surface area contributed by atoms with Gasteiger partial charge in [0.25, 0.3) is 0 Å². The second-order valence-corrected chi connectivity index (χ2v) is 4.49. The molecule has 0 fully saturated rings. The first kappa shape index (κ1) is 11.6. The average molecular weight is 260 g/mol. The molecule has 0 spiro atoms. The zero-order chi connectivity index (χ0) is 13.7. The van der Waals surface area contributed by atoms with Crippen LogP contribution in [0.5, 0.6) is 17.2 Å². The van der Waals surface area contributed by atoms with Crippen LogP contribution in [0.1, 0.15) is 21.5 Å². The standard InChI is InChI=1S/C14H12O5/c1-6-3-9(16)13-12-7(5-19-14(13)17)8(15)4-10(18-2)11(6)12/h3-4,15-16H,5H2,1-2H3. The highest BCUT2D eigenvalue weighted by Gasteiger charge is 2.29. The minimum absolute atomic E-state index is 0.0110. The lowest BCUT2D eigenvalue weighted by atomic mass is 9.92. The summed E-state index contributed by atoms with van der Waals surface area (Å²) in [5.41, 5.74) is 1.34. The highest BCUT2D eigenvalue weighted by atomic mass is 16.5. The summed E-state index contributed by atoms with van der Waals surface area (Å²) in [6.07, 6.45) is 0. The molecule has 98 valence electrons. The van der Waals surface area contributed by atoms with Gasteiger partial charge in [-0.2, -0.15) is 0 Å². The number of methoxy groups -OCH3 is 1. The summed E-state index contributed by atoms with van der Waals surface area (Å²) in [6, 6.07) is 2.98. The minimum Gasteiger partial charge on any atom is -0.507 e. The maximum atomic E-state index is 11.8. The average Bonchev–Trinajstić information content (AvgIpc) is 2.36. The molecule has 3 rings (SSSR count). The molecule has 0 atom stereocenters. The second-order valence-electron chi connectivity index (χ2n) is 4.49. The van der Waals surface area contributed by atoms with Crippen molar-refractivity contribution in [2.24, 2.45) is 0 Å². The molecule has 0 bridgehead atoms. The van der Waals surface area contributed by atoms with Crippen LogP contribution < -0.4 is 4.74 Å². The first-order chi connectivity index (χ1) is 9.04. The van der Waals surface area contributed by atoms with E-state index in [1.807, 2.05) is 6.92 Å². The normalized spacial score (nSPS) is 13.5. The van der Waals surface area contributed by atoms with E-state index in [4.69, 9.17) is 9.47 Å². The number of hydrogen-bond donors (Lipinski definition) is 2. The summed E-state index contributed by atoms with van der Waals surface area (Å²) in [4.78, 5) is 11.8. The molecular formula is C14H12O5. The van der Waals surface area contributed by atoms with Gasteiger partial charge in [-0.05, 0) is 18.6 Å². The third-order valence-corrected chi connectivity index (χ3v) is 3.40. The number of carbonyl (C=O) groups excluding carboxylic acids is 1. The molecule has 0 aliphatic carbocycles. The van der Waals surface area contributed by atoms with Crippen molar-refractivity contribution in [2.75, 3.05) is 7.11 Å². The van der Waals surface area contributed by atoms with Crippen molar-refractivity contribution in [3.8, 4) is 17.2 Å². The smallest absolute Gasteiger partial charge is 0.342 e. The van der Waals surface area contributed by atoms with E-state index in [2.05, 4.69) is 0 Å². The van der Waals surface area contributed by atoms with Gasteiger partial charge in [0, 0.05) is 22.4 Å². The molecule has 1 aliphatic heterocycles. The highest BCUT2D eigenvalue weighted by Crippen LogP contribution is 2.44. The van der Waals surface area contributed by atoms with Gasteiger partial charge in [0.15, 0.2) is 0 Å². The predicted molar refractivity (Wildman–Crippen MR) is 67.7 cm³/mol. The van der Waals surface area contributed by atoms with E-state index in [0.29, 0.717) is 22.1 Å². The Labute approximate surface area is 109 Å². The van der Waals surface area contributed by atoms with E-state index >= 15 is 0 Å². The van der Waals surface area contributed by atoms with Crippen LogP contribution in [0.15, 0.2) is 12.1 Å². The number of rotatable bonds is 1. The molecule has 5 nitrogen and oxygen atoms in total. The molecular weight excluding hydrogens is 248 g/mol. The van der Waals surface area contributed by atoms with Gasteiger partial charge >= 0.3 is 5.97 Å². The number of ether oxygens (including phenoxy) is 2. The van der Waals surface area contributed by atoms with Gasteiger partial charge in [0.05, 0.1) is 7.11 Å². The Balaban J connectivity index is 2.60. The molecule has 0 aromatic heterocycles. The lowest BCUT2D eigenvalue weighted by Gasteiger charge is -2.21. The molecule has 0 amide bonds. The number of phenols is 2. The maximum Gasteiger partial charge on any atom is 0.342 e. The van der Waals surface area contributed by atoms with Crippen LogP contribution in [0.25, 0.3) is 10.8 Å². The highest BCUT2D eigenvalue weighted by molar-refractivity contribution is 6.12. The Bertz CT molecular complexity index is 718. The van der Waals surface area contributed by atoms with Gasteiger partial charge in [-0.3, -0.25) is 0 Å². The van der Waals surface area contributed by atoms with E-state index in [9.17, 15) is 15.0 Å². The van der Waals surface area contributed by atoms with E-state index in [1.54, 1.807) is 0 Å². The zero-order valence-electron chi connectivity index (χ0n) is 10.5. The number of aryl methyl sites for hydroxylation is 1.